The summed E-state index contributed by atoms with van der Waals surface area (Å²) >= 11 is 0. The highest BCUT2D eigenvalue weighted by Crippen LogP contribution is 2.10. The maximum absolute atomic E-state index is 2.25. The third-order valence-electron chi connectivity index (χ3n) is 1.61. The summed E-state index contributed by atoms with van der Waals surface area (Å²) in [6.07, 6.45) is 3.36. The lowest BCUT2D eigenvalue weighted by molar-refractivity contribution is 1.11. The second-order valence-electron chi connectivity index (χ2n) is 2.47. The molecule has 0 saturated heterocycles. The highest BCUT2D eigenvalue weighted by molar-refractivity contribution is 5.31. The number of hydrogen-bond donors (Lipinski definition) is 0. The lowest BCUT2D eigenvalue weighted by Gasteiger charge is -2.00. The zero-order valence-corrected chi connectivity index (χ0v) is 6.59. The number of aryl methyl sites for hydroxylation is 1. The minimum Gasteiger partial charge on any atom is -0.0648 e. The maximum Gasteiger partial charge on any atom is -0.00931 e. The third-order valence-corrected chi connectivity index (χ3v) is 1.61. The first-order chi connectivity index (χ1) is 4.84. The molecule has 0 atom stereocenters. The van der Waals surface area contributed by atoms with Gasteiger partial charge in [0, 0.05) is 0 Å². The predicted molar refractivity (Wildman–Crippen MR) is 44.9 cm³/mol. The van der Waals surface area contributed by atoms with Crippen molar-refractivity contribution in [3.05, 3.63) is 41.8 Å². The molecule has 1 rings (SSSR count). The zero-order chi connectivity index (χ0) is 7.40. The molecule has 10 heavy (non-hydrogen) atoms. The molecule has 0 bridgehead atoms. The van der Waals surface area contributed by atoms with Gasteiger partial charge in [0.25, 0.3) is 0 Å². The highest BCUT2D eigenvalue weighted by atomic mass is 14.0. The summed E-state index contributed by atoms with van der Waals surface area (Å²) in [7, 11) is 0. The normalized spacial score (nSPS) is 9.80. The van der Waals surface area contributed by atoms with Crippen molar-refractivity contribution in [1.82, 2.24) is 0 Å². The van der Waals surface area contributed by atoms with Gasteiger partial charge in [-0.15, -0.1) is 0 Å². The Kier molecular flexibility index (Phi) is 2.49. The fourth-order valence-corrected chi connectivity index (χ4v) is 1.04. The van der Waals surface area contributed by atoms with Crippen LogP contribution in [-0.4, -0.2) is 0 Å². The Morgan fingerprint density at radius 3 is 2.60 bits per heavy atom. The molecule has 1 aromatic carbocycles. The molecule has 0 aromatic heterocycles. The Labute approximate surface area is 62.9 Å². The summed E-state index contributed by atoms with van der Waals surface area (Å²) in [6, 6.07) is 8.44. The van der Waals surface area contributed by atoms with E-state index < -0.39 is 0 Å². The van der Waals surface area contributed by atoms with Crippen LogP contribution in [-0.2, 0) is 0 Å². The van der Waals surface area contributed by atoms with Crippen LogP contribution in [0.4, 0.5) is 0 Å². The first kappa shape index (κ1) is 7.33. The van der Waals surface area contributed by atoms with Crippen LogP contribution in [0.25, 0.3) is 0 Å². The van der Waals surface area contributed by atoms with Gasteiger partial charge >= 0.3 is 0 Å². The Morgan fingerprint density at radius 1 is 1.30 bits per heavy atom. The highest BCUT2D eigenvalue weighted by Gasteiger charge is 1.92. The summed E-state index contributed by atoms with van der Waals surface area (Å²) in [5.74, 6) is 0. The molecule has 0 heteroatoms. The smallest absolute Gasteiger partial charge is 0.00931 e. The molecule has 1 radical (unpaired) electrons. The Hall–Kier alpha value is -0.780. The monoisotopic (exact) mass is 133 g/mol. The van der Waals surface area contributed by atoms with Crippen LogP contribution in [0, 0.1) is 13.3 Å². The van der Waals surface area contributed by atoms with Gasteiger partial charge in [-0.05, 0) is 30.9 Å². The molecular weight excluding hydrogens is 120 g/mol. The van der Waals surface area contributed by atoms with Gasteiger partial charge < -0.3 is 0 Å². The minimum atomic E-state index is 1.12. The van der Waals surface area contributed by atoms with Crippen LogP contribution >= 0.6 is 0 Å². The van der Waals surface area contributed by atoms with E-state index in [1.165, 1.54) is 11.1 Å². The zero-order valence-electron chi connectivity index (χ0n) is 6.59. The molecule has 0 aliphatic rings. The Morgan fingerprint density at radius 2 is 2.00 bits per heavy atom. The van der Waals surface area contributed by atoms with Crippen LogP contribution in [0.15, 0.2) is 24.3 Å². The molecule has 53 valence electrons. The largest absolute Gasteiger partial charge is 0.0648 e. The molecule has 0 N–H and O–H groups in total. The predicted octanol–water partition coefficient (Wildman–Crippen LogP) is 2.96. The van der Waals surface area contributed by atoms with Crippen molar-refractivity contribution in [2.24, 2.45) is 0 Å². The average Bonchev–Trinajstić information content (AvgIpc) is 1.94. The molecule has 0 saturated carbocycles. The van der Waals surface area contributed by atoms with Gasteiger partial charge in [-0.3, -0.25) is 0 Å². The van der Waals surface area contributed by atoms with Gasteiger partial charge in [-0.1, -0.05) is 31.2 Å². The van der Waals surface area contributed by atoms with Gasteiger partial charge in [0.2, 0.25) is 0 Å². The van der Waals surface area contributed by atoms with Crippen LogP contribution in [0.3, 0.4) is 0 Å². The average molecular weight is 133 g/mol. The number of benzene rings is 1. The van der Waals surface area contributed by atoms with Gasteiger partial charge in [-0.2, -0.15) is 0 Å². The van der Waals surface area contributed by atoms with Gasteiger partial charge in [0.05, 0.1) is 0 Å². The second-order valence-corrected chi connectivity index (χ2v) is 2.47. The number of hydrogen-bond acceptors (Lipinski definition) is 0. The van der Waals surface area contributed by atoms with Crippen molar-refractivity contribution >= 4 is 0 Å². The third kappa shape index (κ3) is 1.60. The Balaban J connectivity index is 2.81. The fourth-order valence-electron chi connectivity index (χ4n) is 1.04. The maximum atomic E-state index is 2.25. The molecule has 0 spiro atoms. The first-order valence-corrected chi connectivity index (χ1v) is 3.73. The van der Waals surface area contributed by atoms with Crippen LogP contribution in [0.5, 0.6) is 0 Å². The molecule has 1 aromatic rings. The molecule has 0 amide bonds. The lowest BCUT2D eigenvalue weighted by Crippen LogP contribution is -1.83. The van der Waals surface area contributed by atoms with Crippen molar-refractivity contribution in [1.29, 1.82) is 0 Å². The van der Waals surface area contributed by atoms with E-state index in [1.807, 2.05) is 0 Å². The van der Waals surface area contributed by atoms with E-state index in [0.717, 1.165) is 6.42 Å². The molecule has 0 aliphatic heterocycles. The van der Waals surface area contributed by atoms with Crippen molar-refractivity contribution in [2.75, 3.05) is 0 Å². The van der Waals surface area contributed by atoms with E-state index in [1.54, 1.807) is 0 Å². The van der Waals surface area contributed by atoms with Crippen LogP contribution in [0.1, 0.15) is 24.5 Å². The van der Waals surface area contributed by atoms with Crippen LogP contribution in [0.2, 0.25) is 0 Å². The van der Waals surface area contributed by atoms with Gasteiger partial charge in [0.15, 0.2) is 0 Å². The number of rotatable bonds is 2. The summed E-state index contributed by atoms with van der Waals surface area (Å²) in [5.41, 5.74) is 2.73. The molecular formula is C10H13. The van der Waals surface area contributed by atoms with E-state index in [0.29, 0.717) is 0 Å². The molecule has 0 unspecified atom stereocenters. The van der Waals surface area contributed by atoms with E-state index in [2.05, 4.69) is 44.5 Å². The lowest BCUT2D eigenvalue weighted by atomic mass is 10.1. The quantitative estimate of drug-likeness (QED) is 0.582. The van der Waals surface area contributed by atoms with Crippen molar-refractivity contribution < 1.29 is 0 Å². The first-order valence-electron chi connectivity index (χ1n) is 3.73. The minimum absolute atomic E-state index is 1.12. The molecule has 0 aliphatic carbocycles. The summed E-state index contributed by atoms with van der Waals surface area (Å²) < 4.78 is 0. The van der Waals surface area contributed by atoms with Crippen LogP contribution < -0.4 is 0 Å². The van der Waals surface area contributed by atoms with Crippen molar-refractivity contribution in [3.8, 4) is 0 Å². The van der Waals surface area contributed by atoms with Crippen molar-refractivity contribution in [2.45, 2.75) is 20.3 Å². The van der Waals surface area contributed by atoms with E-state index >= 15 is 0 Å². The topological polar surface area (TPSA) is 0 Å². The van der Waals surface area contributed by atoms with Crippen molar-refractivity contribution in [3.63, 3.8) is 0 Å². The summed E-state index contributed by atoms with van der Waals surface area (Å²) in [4.78, 5) is 0. The fraction of sp³-hybridized carbons (Fsp3) is 0.300. The van der Waals surface area contributed by atoms with Gasteiger partial charge in [0.1, 0.15) is 0 Å². The van der Waals surface area contributed by atoms with E-state index in [9.17, 15) is 0 Å². The standard InChI is InChI=1S/C10H13/c1-3-6-10-8-5-4-7-9(10)2/h4-8H,3H2,1-2H3. The molecule has 0 heterocycles. The molecule has 0 nitrogen and oxygen atoms in total. The molecule has 0 fully saturated rings. The van der Waals surface area contributed by atoms with E-state index in [-0.39, 0.29) is 0 Å². The summed E-state index contributed by atoms with van der Waals surface area (Å²) in [5, 5.41) is 0. The van der Waals surface area contributed by atoms with Gasteiger partial charge in [-0.25, -0.2) is 0 Å². The van der Waals surface area contributed by atoms with E-state index in [4.69, 9.17) is 0 Å². The summed E-state index contributed by atoms with van der Waals surface area (Å²) in [6.45, 7) is 4.30. The SMILES string of the molecule is CC[CH]c1ccccc1C. The Bertz CT molecular complexity index is 201. The second kappa shape index (κ2) is 3.40.